The first kappa shape index (κ1) is 24.6. The molecule has 0 radical (unpaired) electrons. The number of benzene rings is 4. The largest absolute Gasteiger partial charge is 0.486 e. The van der Waals surface area contributed by atoms with Gasteiger partial charge in [0.25, 0.3) is 0 Å². The highest BCUT2D eigenvalue weighted by Gasteiger charge is 2.27. The van der Waals surface area contributed by atoms with Crippen molar-refractivity contribution in [1.29, 1.82) is 0 Å². The summed E-state index contributed by atoms with van der Waals surface area (Å²) in [4.78, 5) is 12.9. The zero-order chi connectivity index (χ0) is 25.8. The number of anilines is 2. The van der Waals surface area contributed by atoms with E-state index in [1.165, 1.54) is 28.5 Å². The molecule has 0 fully saturated rings. The van der Waals surface area contributed by atoms with Gasteiger partial charge in [-0.2, -0.15) is 0 Å². The highest BCUT2D eigenvalue weighted by atomic mass is 19.1. The molecule has 6 heteroatoms. The number of carbonyl (C=O) groups is 1. The van der Waals surface area contributed by atoms with Crippen molar-refractivity contribution in [3.05, 3.63) is 96.3 Å². The Labute approximate surface area is 216 Å². The van der Waals surface area contributed by atoms with Crippen molar-refractivity contribution in [2.75, 3.05) is 18.1 Å². The first-order chi connectivity index (χ1) is 18.0. The number of ether oxygens (including phenoxy) is 2. The van der Waals surface area contributed by atoms with Crippen LogP contribution < -0.4 is 14.4 Å². The lowest BCUT2D eigenvalue weighted by molar-refractivity contribution is -0.139. The van der Waals surface area contributed by atoms with E-state index in [4.69, 9.17) is 14.6 Å². The van der Waals surface area contributed by atoms with E-state index in [0.717, 1.165) is 30.6 Å². The molecule has 0 bridgehead atoms. The van der Waals surface area contributed by atoms with Gasteiger partial charge in [0.1, 0.15) is 23.4 Å². The first-order valence-corrected chi connectivity index (χ1v) is 12.6. The number of halogens is 1. The van der Waals surface area contributed by atoms with Gasteiger partial charge in [-0.1, -0.05) is 49.4 Å². The highest BCUT2D eigenvalue weighted by Crippen LogP contribution is 2.40. The van der Waals surface area contributed by atoms with Crippen molar-refractivity contribution < 1.29 is 23.8 Å². The molecule has 1 unspecified atom stereocenters. The van der Waals surface area contributed by atoms with E-state index in [1.807, 2.05) is 12.1 Å². The van der Waals surface area contributed by atoms with Crippen LogP contribution >= 0.6 is 0 Å². The molecule has 1 aliphatic heterocycles. The summed E-state index contributed by atoms with van der Waals surface area (Å²) in [6.07, 6.45) is 2.77. The van der Waals surface area contributed by atoms with Crippen LogP contribution in [0.2, 0.25) is 0 Å². The number of hydrogen-bond acceptors (Lipinski definition) is 4. The molecule has 1 N–H and O–H groups in total. The van der Waals surface area contributed by atoms with E-state index in [0.29, 0.717) is 24.0 Å². The number of carboxylic acids is 1. The van der Waals surface area contributed by atoms with E-state index in [-0.39, 0.29) is 11.9 Å². The van der Waals surface area contributed by atoms with Crippen LogP contribution in [0, 0.1) is 5.82 Å². The van der Waals surface area contributed by atoms with Crippen LogP contribution in [-0.2, 0) is 4.79 Å². The van der Waals surface area contributed by atoms with Crippen LogP contribution in [0.1, 0.15) is 37.7 Å². The molecule has 0 aromatic heterocycles. The van der Waals surface area contributed by atoms with Crippen LogP contribution in [0.25, 0.3) is 10.8 Å². The van der Waals surface area contributed by atoms with E-state index in [9.17, 15) is 9.18 Å². The zero-order valence-corrected chi connectivity index (χ0v) is 20.8. The second-order valence-electron chi connectivity index (χ2n) is 9.54. The number of aliphatic carboxylic acids is 1. The van der Waals surface area contributed by atoms with Gasteiger partial charge in [0.2, 0.25) is 0 Å². The predicted molar refractivity (Wildman–Crippen MR) is 144 cm³/mol. The molecule has 0 saturated carbocycles. The summed E-state index contributed by atoms with van der Waals surface area (Å²) in [7, 11) is 0. The third kappa shape index (κ3) is 5.69. The Balaban J connectivity index is 1.28. The average molecular weight is 500 g/mol. The Morgan fingerprint density at radius 3 is 2.68 bits per heavy atom. The second kappa shape index (κ2) is 10.9. The smallest absolute Gasteiger partial charge is 0.341 e. The Morgan fingerprint density at radius 1 is 1.08 bits per heavy atom. The number of rotatable bonds is 9. The standard InChI is InChI=1S/C31H30FNO4/c1-21(27-11-5-8-22-7-2-3-10-28(22)27)6-4-9-26-19-33(29-17-12-23(32)18-30(29)37-26)24-13-15-25(16-14-24)36-20-31(34)35/h2-3,5,7-8,10-18,21,26H,4,6,9,19-20H2,1H3,(H,34,35)/t21-,26?/m0/s1. The fraction of sp³-hybridized carbons (Fsp3) is 0.258. The molecular formula is C31H30FNO4. The Bertz CT molecular complexity index is 1380. The van der Waals surface area contributed by atoms with Gasteiger partial charge in [0.15, 0.2) is 6.61 Å². The maximum absolute atomic E-state index is 14.1. The number of fused-ring (bicyclic) bond motifs is 2. The molecule has 4 aromatic rings. The van der Waals surface area contributed by atoms with Crippen molar-refractivity contribution in [3.8, 4) is 11.5 Å². The summed E-state index contributed by atoms with van der Waals surface area (Å²) < 4.78 is 25.6. The minimum absolute atomic E-state index is 0.0862. The molecule has 0 spiro atoms. The second-order valence-corrected chi connectivity index (χ2v) is 9.54. The fourth-order valence-corrected chi connectivity index (χ4v) is 5.07. The molecule has 0 amide bonds. The minimum atomic E-state index is -1.02. The van der Waals surface area contributed by atoms with E-state index >= 15 is 0 Å². The summed E-state index contributed by atoms with van der Waals surface area (Å²) in [5.74, 6) is 0.0725. The van der Waals surface area contributed by atoms with E-state index in [2.05, 4.69) is 54.3 Å². The first-order valence-electron chi connectivity index (χ1n) is 12.6. The van der Waals surface area contributed by atoms with Crippen molar-refractivity contribution in [2.45, 2.75) is 38.2 Å². The van der Waals surface area contributed by atoms with Crippen molar-refractivity contribution in [3.63, 3.8) is 0 Å². The maximum Gasteiger partial charge on any atom is 0.341 e. The van der Waals surface area contributed by atoms with E-state index < -0.39 is 12.6 Å². The molecule has 190 valence electrons. The molecule has 1 heterocycles. The van der Waals surface area contributed by atoms with Gasteiger partial charge >= 0.3 is 5.97 Å². The lowest BCUT2D eigenvalue weighted by atomic mass is 9.90. The molecule has 5 rings (SSSR count). The lowest BCUT2D eigenvalue weighted by Gasteiger charge is -2.36. The third-order valence-corrected chi connectivity index (χ3v) is 6.92. The average Bonchev–Trinajstić information content (AvgIpc) is 2.91. The van der Waals surface area contributed by atoms with Crippen LogP contribution in [0.3, 0.4) is 0 Å². The highest BCUT2D eigenvalue weighted by molar-refractivity contribution is 5.86. The normalized spacial score (nSPS) is 15.6. The van der Waals surface area contributed by atoms with Gasteiger partial charge in [-0.25, -0.2) is 9.18 Å². The van der Waals surface area contributed by atoms with Gasteiger partial charge in [-0.05, 0) is 77.9 Å². The predicted octanol–water partition coefficient (Wildman–Crippen LogP) is 7.32. The minimum Gasteiger partial charge on any atom is -0.486 e. The molecule has 0 saturated heterocycles. The molecule has 2 atom stereocenters. The van der Waals surface area contributed by atoms with Crippen molar-refractivity contribution >= 4 is 28.1 Å². The third-order valence-electron chi connectivity index (χ3n) is 6.92. The zero-order valence-electron chi connectivity index (χ0n) is 20.8. The van der Waals surface area contributed by atoms with Crippen molar-refractivity contribution in [1.82, 2.24) is 0 Å². The molecular weight excluding hydrogens is 469 g/mol. The molecule has 0 aliphatic carbocycles. The van der Waals surface area contributed by atoms with Crippen LogP contribution in [0.4, 0.5) is 15.8 Å². The lowest BCUT2D eigenvalue weighted by Crippen LogP contribution is -2.37. The molecule has 4 aromatic carbocycles. The van der Waals surface area contributed by atoms with Crippen molar-refractivity contribution in [2.24, 2.45) is 0 Å². The monoisotopic (exact) mass is 499 g/mol. The molecule has 37 heavy (non-hydrogen) atoms. The van der Waals surface area contributed by atoms with Gasteiger partial charge in [0.05, 0.1) is 12.2 Å². The quantitative estimate of drug-likeness (QED) is 0.262. The Kier molecular flexibility index (Phi) is 7.26. The van der Waals surface area contributed by atoms with Crippen LogP contribution in [0.15, 0.2) is 84.9 Å². The van der Waals surface area contributed by atoms with E-state index in [1.54, 1.807) is 18.2 Å². The number of hydrogen-bond donors (Lipinski definition) is 1. The maximum atomic E-state index is 14.1. The SMILES string of the molecule is C[C@@H](CCCC1CN(c2ccc(OCC(=O)O)cc2)c2ccc(F)cc2O1)c1cccc2ccccc12. The van der Waals surface area contributed by atoms with Crippen LogP contribution in [-0.4, -0.2) is 30.3 Å². The summed E-state index contributed by atoms with van der Waals surface area (Å²) in [6.45, 7) is 2.52. The number of nitrogens with zero attached hydrogens (tertiary/aromatic N) is 1. The summed E-state index contributed by atoms with van der Waals surface area (Å²) in [5.41, 5.74) is 3.08. The van der Waals surface area contributed by atoms with Crippen LogP contribution in [0.5, 0.6) is 11.5 Å². The number of carboxylic acid groups (broad SMARTS) is 1. The fourth-order valence-electron chi connectivity index (χ4n) is 5.07. The Hall–Kier alpha value is -4.06. The summed E-state index contributed by atoms with van der Waals surface area (Å²) >= 11 is 0. The Morgan fingerprint density at radius 2 is 1.86 bits per heavy atom. The summed E-state index contributed by atoms with van der Waals surface area (Å²) in [6, 6.07) is 26.9. The van der Waals surface area contributed by atoms with Gasteiger partial charge < -0.3 is 19.5 Å². The van der Waals surface area contributed by atoms with Gasteiger partial charge in [-0.3, -0.25) is 0 Å². The summed E-state index contributed by atoms with van der Waals surface area (Å²) in [5, 5.41) is 11.4. The topological polar surface area (TPSA) is 59.0 Å². The van der Waals surface area contributed by atoms with Gasteiger partial charge in [-0.15, -0.1) is 0 Å². The molecule has 5 nitrogen and oxygen atoms in total. The molecule has 1 aliphatic rings. The van der Waals surface area contributed by atoms with Gasteiger partial charge in [0, 0.05) is 11.8 Å².